The lowest BCUT2D eigenvalue weighted by Crippen LogP contribution is -2.45. The number of rotatable bonds is 8. The average molecular weight is 448 g/mol. The van der Waals surface area contributed by atoms with Gasteiger partial charge in [0.25, 0.3) is 5.91 Å². The second kappa shape index (κ2) is 10.8. The Kier molecular flexibility index (Phi) is 7.34. The second-order valence-electron chi connectivity index (χ2n) is 7.96. The quantitative estimate of drug-likeness (QED) is 0.554. The molecule has 0 aliphatic carbocycles. The zero-order valence-electron chi connectivity index (χ0n) is 19.0. The van der Waals surface area contributed by atoms with Gasteiger partial charge in [-0.05, 0) is 43.5 Å². The molecule has 1 saturated heterocycles. The van der Waals surface area contributed by atoms with Gasteiger partial charge in [0.05, 0.1) is 13.3 Å². The number of ether oxygens (including phenoxy) is 2. The molecule has 1 amide bonds. The summed E-state index contributed by atoms with van der Waals surface area (Å²) in [6.45, 7) is 3.34. The van der Waals surface area contributed by atoms with Crippen molar-refractivity contribution in [3.63, 3.8) is 0 Å². The summed E-state index contributed by atoms with van der Waals surface area (Å²) in [7, 11) is 1.61. The monoisotopic (exact) mass is 447 g/mol. The van der Waals surface area contributed by atoms with Gasteiger partial charge in [-0.3, -0.25) is 9.78 Å². The molecule has 8 nitrogen and oxygen atoms in total. The van der Waals surface area contributed by atoms with Crippen LogP contribution in [0, 0.1) is 0 Å². The number of aromatic nitrogens is 3. The van der Waals surface area contributed by atoms with Crippen molar-refractivity contribution in [2.75, 3.05) is 25.5 Å². The molecule has 3 aromatic rings. The minimum Gasteiger partial charge on any atom is -0.497 e. The van der Waals surface area contributed by atoms with Gasteiger partial charge in [0, 0.05) is 43.2 Å². The van der Waals surface area contributed by atoms with Gasteiger partial charge in [0.2, 0.25) is 0 Å². The number of benzene rings is 1. The number of carbonyl (C=O) groups excluding carboxylic acids is 1. The molecule has 1 unspecified atom stereocenters. The molecule has 3 heterocycles. The van der Waals surface area contributed by atoms with E-state index in [9.17, 15) is 4.79 Å². The Balaban J connectivity index is 1.35. The van der Waals surface area contributed by atoms with Gasteiger partial charge in [-0.2, -0.15) is 0 Å². The van der Waals surface area contributed by atoms with Gasteiger partial charge in [-0.25, -0.2) is 9.97 Å². The van der Waals surface area contributed by atoms with Gasteiger partial charge in [-0.15, -0.1) is 0 Å². The highest BCUT2D eigenvalue weighted by molar-refractivity contribution is 5.81. The minimum atomic E-state index is -0.508. The number of likely N-dealkylation sites (tertiary alicyclic amines) is 1. The first kappa shape index (κ1) is 22.5. The van der Waals surface area contributed by atoms with Crippen LogP contribution in [-0.2, 0) is 4.79 Å². The molecule has 33 heavy (non-hydrogen) atoms. The average Bonchev–Trinajstić information content (AvgIpc) is 2.88. The Morgan fingerprint density at radius 3 is 2.64 bits per heavy atom. The Labute approximate surface area is 194 Å². The minimum absolute atomic E-state index is 0.0322. The van der Waals surface area contributed by atoms with E-state index in [1.54, 1.807) is 31.8 Å². The molecule has 4 rings (SSSR count). The number of pyridine rings is 1. The number of hydrogen-bond acceptors (Lipinski definition) is 7. The van der Waals surface area contributed by atoms with Crippen molar-refractivity contribution in [3.05, 3.63) is 66.7 Å². The molecular weight excluding hydrogens is 418 g/mol. The van der Waals surface area contributed by atoms with Crippen LogP contribution in [0.2, 0.25) is 0 Å². The van der Waals surface area contributed by atoms with Crippen molar-refractivity contribution < 1.29 is 14.3 Å². The van der Waals surface area contributed by atoms with E-state index in [1.807, 2.05) is 48.2 Å². The maximum Gasteiger partial charge on any atom is 0.263 e. The summed E-state index contributed by atoms with van der Waals surface area (Å²) in [5, 5.41) is 3.19. The molecule has 1 aliphatic rings. The second-order valence-corrected chi connectivity index (χ2v) is 7.96. The largest absolute Gasteiger partial charge is 0.497 e. The van der Waals surface area contributed by atoms with E-state index in [-0.39, 0.29) is 5.91 Å². The summed E-state index contributed by atoms with van der Waals surface area (Å²) in [4.78, 5) is 28.1. The molecule has 2 aromatic heterocycles. The predicted octanol–water partition coefficient (Wildman–Crippen LogP) is 4.19. The van der Waals surface area contributed by atoms with Gasteiger partial charge >= 0.3 is 0 Å². The summed E-state index contributed by atoms with van der Waals surface area (Å²) >= 11 is 0. The van der Waals surface area contributed by atoms with Crippen molar-refractivity contribution in [2.45, 2.75) is 38.2 Å². The first-order valence-corrected chi connectivity index (χ1v) is 11.3. The standard InChI is InChI=1S/C25H29N5O3/c1-3-22(33-20-7-4-6-19(16-20)32-2)25(31)30-14-10-18(11-15-30)21-8-5-9-23(28-21)29-24-17-26-12-13-27-24/h4-9,12-13,16-18,22H,3,10-11,14-15H2,1-2H3,(H,27,28,29). The van der Waals surface area contributed by atoms with Crippen LogP contribution in [0.3, 0.4) is 0 Å². The van der Waals surface area contributed by atoms with Crippen molar-refractivity contribution in [2.24, 2.45) is 0 Å². The molecule has 0 spiro atoms. The number of hydrogen-bond donors (Lipinski definition) is 1. The number of amides is 1. The number of carbonyl (C=O) groups is 1. The fraction of sp³-hybridized carbons (Fsp3) is 0.360. The van der Waals surface area contributed by atoms with Crippen molar-refractivity contribution in [1.29, 1.82) is 0 Å². The summed E-state index contributed by atoms with van der Waals surface area (Å²) in [6, 6.07) is 13.3. The van der Waals surface area contributed by atoms with Crippen LogP contribution in [0.1, 0.15) is 37.8 Å². The van der Waals surface area contributed by atoms with Crippen LogP contribution in [-0.4, -0.2) is 52.1 Å². The Bertz CT molecular complexity index is 1050. The maximum atomic E-state index is 13.1. The van der Waals surface area contributed by atoms with E-state index in [0.717, 1.165) is 24.4 Å². The van der Waals surface area contributed by atoms with E-state index >= 15 is 0 Å². The van der Waals surface area contributed by atoms with E-state index in [2.05, 4.69) is 15.3 Å². The lowest BCUT2D eigenvalue weighted by atomic mass is 9.92. The highest BCUT2D eigenvalue weighted by Crippen LogP contribution is 2.29. The molecule has 0 bridgehead atoms. The van der Waals surface area contributed by atoms with Crippen LogP contribution in [0.5, 0.6) is 11.5 Å². The molecule has 0 radical (unpaired) electrons. The lowest BCUT2D eigenvalue weighted by molar-refractivity contribution is -0.140. The van der Waals surface area contributed by atoms with Gasteiger partial charge in [0.15, 0.2) is 6.10 Å². The molecule has 1 aromatic carbocycles. The third-order valence-electron chi connectivity index (χ3n) is 5.78. The number of anilines is 2. The van der Waals surface area contributed by atoms with Gasteiger partial charge in [0.1, 0.15) is 23.1 Å². The Morgan fingerprint density at radius 2 is 1.91 bits per heavy atom. The number of methoxy groups -OCH3 is 1. The molecule has 1 atom stereocenters. The first-order valence-electron chi connectivity index (χ1n) is 11.3. The lowest BCUT2D eigenvalue weighted by Gasteiger charge is -2.34. The summed E-state index contributed by atoms with van der Waals surface area (Å²) < 4.78 is 11.3. The van der Waals surface area contributed by atoms with E-state index in [1.165, 1.54) is 0 Å². The number of piperidine rings is 1. The Morgan fingerprint density at radius 1 is 1.12 bits per heavy atom. The molecule has 1 fully saturated rings. The maximum absolute atomic E-state index is 13.1. The third kappa shape index (κ3) is 5.77. The molecule has 1 aliphatic heterocycles. The van der Waals surface area contributed by atoms with Crippen LogP contribution >= 0.6 is 0 Å². The van der Waals surface area contributed by atoms with E-state index < -0.39 is 6.10 Å². The van der Waals surface area contributed by atoms with Crippen LogP contribution in [0.25, 0.3) is 0 Å². The molecule has 8 heteroatoms. The topological polar surface area (TPSA) is 89.5 Å². The SMILES string of the molecule is CCC(Oc1cccc(OC)c1)C(=O)N1CCC(c2cccc(Nc3cnccn3)n2)CC1. The van der Waals surface area contributed by atoms with E-state index in [4.69, 9.17) is 14.5 Å². The fourth-order valence-corrected chi connectivity index (χ4v) is 3.99. The first-order chi connectivity index (χ1) is 16.2. The molecule has 1 N–H and O–H groups in total. The van der Waals surface area contributed by atoms with Gasteiger partial charge in [-0.1, -0.05) is 19.1 Å². The zero-order valence-corrected chi connectivity index (χ0v) is 19.0. The van der Waals surface area contributed by atoms with Crippen LogP contribution in [0.15, 0.2) is 61.1 Å². The predicted molar refractivity (Wildman–Crippen MR) is 126 cm³/mol. The summed E-state index contributed by atoms with van der Waals surface area (Å²) in [5.74, 6) is 3.08. The van der Waals surface area contributed by atoms with Crippen LogP contribution < -0.4 is 14.8 Å². The smallest absolute Gasteiger partial charge is 0.263 e. The molecule has 172 valence electrons. The van der Waals surface area contributed by atoms with Crippen molar-refractivity contribution in [3.8, 4) is 11.5 Å². The third-order valence-corrected chi connectivity index (χ3v) is 5.78. The summed E-state index contributed by atoms with van der Waals surface area (Å²) in [6.07, 6.45) is 6.76. The van der Waals surface area contributed by atoms with Crippen molar-refractivity contribution >= 4 is 17.5 Å². The van der Waals surface area contributed by atoms with Crippen molar-refractivity contribution in [1.82, 2.24) is 19.9 Å². The number of nitrogens with one attached hydrogen (secondary N) is 1. The molecule has 0 saturated carbocycles. The number of nitrogens with zero attached hydrogens (tertiary/aromatic N) is 4. The van der Waals surface area contributed by atoms with Gasteiger partial charge < -0.3 is 19.7 Å². The van der Waals surface area contributed by atoms with E-state index in [0.29, 0.717) is 42.7 Å². The zero-order chi connectivity index (χ0) is 23.0. The normalized spacial score (nSPS) is 15.0. The highest BCUT2D eigenvalue weighted by Gasteiger charge is 2.29. The summed E-state index contributed by atoms with van der Waals surface area (Å²) in [5.41, 5.74) is 1.02. The fourth-order valence-electron chi connectivity index (χ4n) is 3.99. The van der Waals surface area contributed by atoms with Crippen LogP contribution in [0.4, 0.5) is 11.6 Å². The highest BCUT2D eigenvalue weighted by atomic mass is 16.5. The molecular formula is C25H29N5O3. The Hall–Kier alpha value is -3.68.